The molecule has 3 rings (SSSR count). The van der Waals surface area contributed by atoms with Gasteiger partial charge in [-0.1, -0.05) is 18.9 Å². The van der Waals surface area contributed by atoms with Gasteiger partial charge in [0.25, 0.3) is 5.91 Å². The van der Waals surface area contributed by atoms with Crippen LogP contribution in [0.1, 0.15) is 41.7 Å². The molecule has 1 amide bonds. The van der Waals surface area contributed by atoms with Gasteiger partial charge in [-0.05, 0) is 37.1 Å². The van der Waals surface area contributed by atoms with E-state index in [4.69, 9.17) is 5.73 Å². The average Bonchev–Trinajstić information content (AvgIpc) is 3.24. The second-order valence-corrected chi connectivity index (χ2v) is 6.32. The number of hydrogen-bond acceptors (Lipinski definition) is 3. The lowest BCUT2D eigenvalue weighted by Crippen LogP contribution is -2.51. The highest BCUT2D eigenvalue weighted by molar-refractivity contribution is 5.95. The molecule has 26 heavy (non-hydrogen) atoms. The molecule has 3 N–H and O–H groups in total. The molecule has 1 aromatic heterocycles. The smallest absolute Gasteiger partial charge is 0.345 e. The first-order valence-electron chi connectivity index (χ1n) is 8.09. The minimum absolute atomic E-state index is 0. The fourth-order valence-corrected chi connectivity index (χ4v) is 3.25. The van der Waals surface area contributed by atoms with E-state index in [0.29, 0.717) is 6.54 Å². The number of nitrogens with one attached hydrogen (secondary N) is 1. The van der Waals surface area contributed by atoms with Gasteiger partial charge in [0.05, 0.1) is 17.4 Å². The van der Waals surface area contributed by atoms with E-state index in [1.54, 1.807) is 6.07 Å². The molecule has 0 atom stereocenters. The van der Waals surface area contributed by atoms with Crippen LogP contribution < -0.4 is 11.1 Å². The Morgan fingerprint density at radius 3 is 2.58 bits per heavy atom. The monoisotopic (exact) mass is 388 g/mol. The highest BCUT2D eigenvalue weighted by Crippen LogP contribution is 2.31. The van der Waals surface area contributed by atoms with E-state index in [9.17, 15) is 18.0 Å². The summed E-state index contributed by atoms with van der Waals surface area (Å²) >= 11 is 0. The van der Waals surface area contributed by atoms with E-state index < -0.39 is 17.4 Å². The van der Waals surface area contributed by atoms with Crippen molar-refractivity contribution in [1.29, 1.82) is 0 Å². The van der Waals surface area contributed by atoms with Crippen LogP contribution in [0.3, 0.4) is 0 Å². The Labute approximate surface area is 155 Å². The SMILES string of the molecule is Cl.NCC1(NC(=O)c2cccc(-n3nccc3C(F)(F)F)c2)CCCC1. The van der Waals surface area contributed by atoms with E-state index in [-0.39, 0.29) is 29.6 Å². The van der Waals surface area contributed by atoms with Crippen molar-refractivity contribution in [2.75, 3.05) is 6.54 Å². The van der Waals surface area contributed by atoms with Gasteiger partial charge in [-0.15, -0.1) is 12.4 Å². The lowest BCUT2D eigenvalue weighted by atomic mass is 9.97. The number of halogens is 4. The molecule has 2 aromatic rings. The minimum Gasteiger partial charge on any atom is -0.345 e. The third-order valence-corrected chi connectivity index (χ3v) is 4.62. The van der Waals surface area contributed by atoms with Gasteiger partial charge in [0, 0.05) is 12.1 Å². The number of hydrogen-bond donors (Lipinski definition) is 2. The standard InChI is InChI=1S/C17H19F3N4O.ClH/c18-17(19,20)14-6-9-22-24(14)13-5-3-4-12(10-13)15(25)23-16(11-21)7-1-2-8-16;/h3-6,9-10H,1-2,7-8,11,21H2,(H,23,25);1H. The van der Waals surface area contributed by atoms with Gasteiger partial charge >= 0.3 is 6.18 Å². The maximum Gasteiger partial charge on any atom is 0.433 e. The van der Waals surface area contributed by atoms with E-state index in [1.165, 1.54) is 18.2 Å². The average molecular weight is 389 g/mol. The summed E-state index contributed by atoms with van der Waals surface area (Å²) in [6.45, 7) is 0.343. The Balaban J connectivity index is 0.00000243. The van der Waals surface area contributed by atoms with Crippen LogP contribution >= 0.6 is 12.4 Å². The van der Waals surface area contributed by atoms with Gasteiger partial charge < -0.3 is 11.1 Å². The summed E-state index contributed by atoms with van der Waals surface area (Å²) in [4.78, 5) is 12.5. The normalized spacial score (nSPS) is 16.2. The van der Waals surface area contributed by atoms with Gasteiger partial charge in [0.1, 0.15) is 5.69 Å². The van der Waals surface area contributed by atoms with Crippen molar-refractivity contribution in [3.63, 3.8) is 0 Å². The Morgan fingerprint density at radius 1 is 1.27 bits per heavy atom. The second-order valence-electron chi connectivity index (χ2n) is 6.32. The zero-order chi connectivity index (χ0) is 18.1. The minimum atomic E-state index is -4.53. The van der Waals surface area contributed by atoms with Crippen LogP contribution in [0, 0.1) is 0 Å². The topological polar surface area (TPSA) is 72.9 Å². The molecule has 1 aliphatic rings. The highest BCUT2D eigenvalue weighted by Gasteiger charge is 2.36. The van der Waals surface area contributed by atoms with Gasteiger partial charge in [-0.3, -0.25) is 4.79 Å². The van der Waals surface area contributed by atoms with Gasteiger partial charge in [0.2, 0.25) is 0 Å². The fraction of sp³-hybridized carbons (Fsp3) is 0.412. The first-order chi connectivity index (χ1) is 11.8. The highest BCUT2D eigenvalue weighted by atomic mass is 35.5. The first-order valence-corrected chi connectivity index (χ1v) is 8.09. The number of amides is 1. The molecule has 1 heterocycles. The summed E-state index contributed by atoms with van der Waals surface area (Å²) in [5, 5.41) is 6.69. The van der Waals surface area contributed by atoms with E-state index in [2.05, 4.69) is 10.4 Å². The first kappa shape index (κ1) is 20.3. The van der Waals surface area contributed by atoms with Crippen LogP contribution in [0.15, 0.2) is 36.5 Å². The van der Waals surface area contributed by atoms with E-state index in [1.807, 2.05) is 0 Å². The Kier molecular flexibility index (Phi) is 5.98. The molecule has 0 aliphatic heterocycles. The largest absolute Gasteiger partial charge is 0.433 e. The number of nitrogens with two attached hydrogens (primary N) is 1. The fourth-order valence-electron chi connectivity index (χ4n) is 3.25. The Morgan fingerprint density at radius 2 is 1.96 bits per heavy atom. The lowest BCUT2D eigenvalue weighted by Gasteiger charge is -2.28. The predicted octanol–water partition coefficient (Wildman–Crippen LogP) is 3.31. The summed E-state index contributed by atoms with van der Waals surface area (Å²) in [5.74, 6) is -0.338. The van der Waals surface area contributed by atoms with Crippen LogP contribution in [0.4, 0.5) is 13.2 Å². The Hall–Kier alpha value is -2.06. The molecular formula is C17H20ClF3N4O. The number of alkyl halides is 3. The third-order valence-electron chi connectivity index (χ3n) is 4.62. The summed E-state index contributed by atoms with van der Waals surface area (Å²) < 4.78 is 39.9. The Bertz CT molecular complexity index is 769. The summed E-state index contributed by atoms with van der Waals surface area (Å²) in [6.07, 6.45) is 0.178. The molecule has 1 aliphatic carbocycles. The number of carbonyl (C=O) groups is 1. The van der Waals surface area contributed by atoms with Gasteiger partial charge in [-0.25, -0.2) is 4.68 Å². The van der Waals surface area contributed by atoms with Crippen LogP contribution in [0.25, 0.3) is 5.69 Å². The zero-order valence-electron chi connectivity index (χ0n) is 13.9. The maximum atomic E-state index is 13.0. The molecule has 0 bridgehead atoms. The molecule has 5 nitrogen and oxygen atoms in total. The molecule has 1 saturated carbocycles. The van der Waals surface area contributed by atoms with Crippen molar-refractivity contribution in [3.05, 3.63) is 47.8 Å². The van der Waals surface area contributed by atoms with Crippen molar-refractivity contribution >= 4 is 18.3 Å². The summed E-state index contributed by atoms with van der Waals surface area (Å²) in [7, 11) is 0. The number of nitrogens with zero attached hydrogens (tertiary/aromatic N) is 2. The maximum absolute atomic E-state index is 13.0. The lowest BCUT2D eigenvalue weighted by molar-refractivity contribution is -0.142. The third kappa shape index (κ3) is 4.02. The molecule has 142 valence electrons. The molecule has 9 heteroatoms. The number of rotatable bonds is 4. The predicted molar refractivity (Wildman–Crippen MR) is 93.5 cm³/mol. The van der Waals surface area contributed by atoms with Crippen molar-refractivity contribution < 1.29 is 18.0 Å². The van der Waals surface area contributed by atoms with Crippen molar-refractivity contribution in [1.82, 2.24) is 15.1 Å². The van der Waals surface area contributed by atoms with Crippen LogP contribution in [0.5, 0.6) is 0 Å². The van der Waals surface area contributed by atoms with Crippen molar-refractivity contribution in [3.8, 4) is 5.69 Å². The number of carbonyl (C=O) groups excluding carboxylic acids is 1. The van der Waals surface area contributed by atoms with Gasteiger partial charge in [0.15, 0.2) is 0 Å². The van der Waals surface area contributed by atoms with Crippen LogP contribution in [-0.2, 0) is 6.18 Å². The van der Waals surface area contributed by atoms with E-state index >= 15 is 0 Å². The van der Waals surface area contributed by atoms with Crippen LogP contribution in [0.2, 0.25) is 0 Å². The van der Waals surface area contributed by atoms with Crippen LogP contribution in [-0.4, -0.2) is 27.8 Å². The van der Waals surface area contributed by atoms with E-state index in [0.717, 1.165) is 42.6 Å². The van der Waals surface area contributed by atoms with Gasteiger partial charge in [-0.2, -0.15) is 18.3 Å². The zero-order valence-corrected chi connectivity index (χ0v) is 14.7. The summed E-state index contributed by atoms with van der Waals surface area (Å²) in [5.41, 5.74) is 4.96. The number of aromatic nitrogens is 2. The molecule has 0 unspecified atom stereocenters. The quantitative estimate of drug-likeness (QED) is 0.844. The molecular weight excluding hydrogens is 369 g/mol. The second kappa shape index (κ2) is 7.67. The number of benzene rings is 1. The summed E-state index contributed by atoms with van der Waals surface area (Å²) in [6, 6.07) is 6.88. The van der Waals surface area contributed by atoms with Crippen molar-refractivity contribution in [2.45, 2.75) is 37.4 Å². The van der Waals surface area contributed by atoms with Crippen molar-refractivity contribution in [2.24, 2.45) is 5.73 Å². The molecule has 0 radical (unpaired) electrons. The molecule has 0 spiro atoms. The molecule has 1 fully saturated rings. The molecule has 1 aromatic carbocycles. The molecule has 0 saturated heterocycles.